The molecule has 6 nitrogen and oxygen atoms in total. The molecule has 0 spiro atoms. The topological polar surface area (TPSA) is 75.3 Å². The molecule has 2 saturated heterocycles. The maximum atomic E-state index is 13.3. The van der Waals surface area contributed by atoms with Crippen molar-refractivity contribution in [2.24, 2.45) is 0 Å². The number of hydrogen-bond donors (Lipinski definition) is 1. The molecule has 26 heavy (non-hydrogen) atoms. The minimum absolute atomic E-state index is 0.00136. The standard InChI is InChI=1S/C19H25N3O3S/c1-12-6-4-5-7-18(12)25-17-10-15-8-9-16(11-17)22(15)26(23,24)19-13(2)20-21-14(19)3/h4-7,15-17H,8-11H2,1-3H3,(H,20,21). The molecule has 0 radical (unpaired) electrons. The molecule has 2 atom stereocenters. The van der Waals surface area contributed by atoms with Crippen LogP contribution >= 0.6 is 0 Å². The second-order valence-corrected chi connectivity index (χ2v) is 9.24. The first-order valence-corrected chi connectivity index (χ1v) is 10.6. The van der Waals surface area contributed by atoms with Gasteiger partial charge in [0.05, 0.1) is 11.4 Å². The van der Waals surface area contributed by atoms with Crippen LogP contribution in [0.15, 0.2) is 29.2 Å². The number of fused-ring (bicyclic) bond motifs is 2. The molecule has 1 aromatic heterocycles. The average molecular weight is 375 g/mol. The lowest BCUT2D eigenvalue weighted by Crippen LogP contribution is -2.49. The quantitative estimate of drug-likeness (QED) is 0.891. The van der Waals surface area contributed by atoms with Gasteiger partial charge in [-0.05, 0) is 45.2 Å². The van der Waals surface area contributed by atoms with E-state index >= 15 is 0 Å². The summed E-state index contributed by atoms with van der Waals surface area (Å²) in [7, 11) is -3.54. The fourth-order valence-electron chi connectivity index (χ4n) is 4.47. The van der Waals surface area contributed by atoms with Crippen LogP contribution in [-0.4, -0.2) is 41.1 Å². The molecule has 0 saturated carbocycles. The zero-order valence-corrected chi connectivity index (χ0v) is 16.2. The van der Waals surface area contributed by atoms with Gasteiger partial charge in [0, 0.05) is 24.9 Å². The van der Waals surface area contributed by atoms with Crippen molar-refractivity contribution in [3.05, 3.63) is 41.2 Å². The number of rotatable bonds is 4. The minimum atomic E-state index is -3.54. The van der Waals surface area contributed by atoms with E-state index < -0.39 is 10.0 Å². The highest BCUT2D eigenvalue weighted by Crippen LogP contribution is 2.41. The summed E-state index contributed by atoms with van der Waals surface area (Å²) >= 11 is 0. The Labute approximate surface area is 154 Å². The summed E-state index contributed by atoms with van der Waals surface area (Å²) in [5, 5.41) is 6.87. The zero-order chi connectivity index (χ0) is 18.5. The highest BCUT2D eigenvalue weighted by molar-refractivity contribution is 7.89. The summed E-state index contributed by atoms with van der Waals surface area (Å²) in [5.41, 5.74) is 2.26. The fraction of sp³-hybridized carbons (Fsp3) is 0.526. The van der Waals surface area contributed by atoms with Gasteiger partial charge in [-0.3, -0.25) is 5.10 Å². The summed E-state index contributed by atoms with van der Waals surface area (Å²) in [4.78, 5) is 0.340. The Bertz CT molecular complexity index is 888. The van der Waals surface area contributed by atoms with E-state index in [4.69, 9.17) is 4.74 Å². The van der Waals surface area contributed by atoms with Crippen molar-refractivity contribution in [3.63, 3.8) is 0 Å². The van der Waals surface area contributed by atoms with Crippen molar-refractivity contribution >= 4 is 10.0 Å². The third-order valence-electron chi connectivity index (χ3n) is 5.61. The number of aromatic nitrogens is 2. The number of nitrogens with one attached hydrogen (secondary N) is 1. The average Bonchev–Trinajstić information content (AvgIpc) is 3.07. The first-order valence-electron chi connectivity index (χ1n) is 9.15. The van der Waals surface area contributed by atoms with Crippen molar-refractivity contribution < 1.29 is 13.2 Å². The molecular formula is C19H25N3O3S. The Hall–Kier alpha value is -1.86. The number of para-hydroxylation sites is 1. The molecule has 7 heteroatoms. The Morgan fingerprint density at radius 2 is 1.77 bits per heavy atom. The molecule has 2 bridgehead atoms. The molecule has 0 aliphatic carbocycles. The predicted molar refractivity (Wildman–Crippen MR) is 98.7 cm³/mol. The first kappa shape index (κ1) is 17.5. The van der Waals surface area contributed by atoms with Crippen LogP contribution in [0.5, 0.6) is 5.75 Å². The normalized spacial score (nSPS) is 26.2. The van der Waals surface area contributed by atoms with Gasteiger partial charge in [0.25, 0.3) is 0 Å². The summed E-state index contributed by atoms with van der Waals surface area (Å²) in [5.74, 6) is 0.898. The van der Waals surface area contributed by atoms with Crippen molar-refractivity contribution in [1.29, 1.82) is 0 Å². The molecule has 3 heterocycles. The third kappa shape index (κ3) is 2.83. The Morgan fingerprint density at radius 3 is 2.35 bits per heavy atom. The van der Waals surface area contributed by atoms with Gasteiger partial charge in [-0.1, -0.05) is 18.2 Å². The number of hydrogen-bond acceptors (Lipinski definition) is 4. The number of nitrogens with zero attached hydrogens (tertiary/aromatic N) is 2. The first-order chi connectivity index (χ1) is 12.4. The number of piperidine rings is 1. The van der Waals surface area contributed by atoms with Crippen LogP contribution in [0.3, 0.4) is 0 Å². The second kappa shape index (κ2) is 6.39. The third-order valence-corrected chi connectivity index (χ3v) is 7.87. The number of ether oxygens (including phenoxy) is 1. The Morgan fingerprint density at radius 1 is 1.12 bits per heavy atom. The van der Waals surface area contributed by atoms with Gasteiger partial charge >= 0.3 is 0 Å². The monoisotopic (exact) mass is 375 g/mol. The molecular weight excluding hydrogens is 350 g/mol. The van der Waals surface area contributed by atoms with Crippen LogP contribution in [-0.2, 0) is 10.0 Å². The molecule has 140 valence electrons. The van der Waals surface area contributed by atoms with Gasteiger partial charge in [-0.2, -0.15) is 9.40 Å². The molecule has 2 aliphatic heterocycles. The van der Waals surface area contributed by atoms with Gasteiger partial charge in [-0.25, -0.2) is 8.42 Å². The van der Waals surface area contributed by atoms with E-state index in [0.717, 1.165) is 37.0 Å². The molecule has 2 unspecified atom stereocenters. The van der Waals surface area contributed by atoms with Crippen molar-refractivity contribution in [2.75, 3.05) is 0 Å². The molecule has 1 N–H and O–H groups in total. The lowest BCUT2D eigenvalue weighted by Gasteiger charge is -2.38. The lowest BCUT2D eigenvalue weighted by atomic mass is 10.0. The van der Waals surface area contributed by atoms with Gasteiger partial charge in [0.15, 0.2) is 0 Å². The maximum absolute atomic E-state index is 13.3. The molecule has 2 fully saturated rings. The van der Waals surface area contributed by atoms with Crippen molar-refractivity contribution in [3.8, 4) is 5.75 Å². The summed E-state index contributed by atoms with van der Waals surface area (Å²) < 4.78 is 34.5. The van der Waals surface area contributed by atoms with Crippen molar-refractivity contribution in [2.45, 2.75) is 69.5 Å². The Kier molecular flexibility index (Phi) is 4.31. The van der Waals surface area contributed by atoms with Gasteiger partial charge in [0.2, 0.25) is 10.0 Å². The highest BCUT2D eigenvalue weighted by atomic mass is 32.2. The molecule has 2 aromatic rings. The molecule has 4 rings (SSSR count). The number of aromatic amines is 1. The van der Waals surface area contributed by atoms with Crippen LogP contribution < -0.4 is 4.74 Å². The van der Waals surface area contributed by atoms with E-state index in [1.165, 1.54) is 0 Å². The van der Waals surface area contributed by atoms with Crippen molar-refractivity contribution in [1.82, 2.24) is 14.5 Å². The van der Waals surface area contributed by atoms with E-state index in [0.29, 0.717) is 16.3 Å². The smallest absolute Gasteiger partial charge is 0.247 e. The maximum Gasteiger partial charge on any atom is 0.247 e. The largest absolute Gasteiger partial charge is 0.490 e. The summed E-state index contributed by atoms with van der Waals surface area (Å²) in [6.45, 7) is 5.54. The van der Waals surface area contributed by atoms with Crippen LogP contribution in [0.1, 0.15) is 42.6 Å². The van der Waals surface area contributed by atoms with E-state index in [9.17, 15) is 8.42 Å². The van der Waals surface area contributed by atoms with E-state index in [2.05, 4.69) is 10.2 Å². The zero-order valence-electron chi connectivity index (χ0n) is 15.4. The van der Waals surface area contributed by atoms with Gasteiger partial charge in [-0.15, -0.1) is 0 Å². The lowest BCUT2D eigenvalue weighted by molar-refractivity contribution is 0.0950. The van der Waals surface area contributed by atoms with Crippen LogP contribution in [0.25, 0.3) is 0 Å². The number of benzene rings is 1. The van der Waals surface area contributed by atoms with Crippen LogP contribution in [0, 0.1) is 20.8 Å². The van der Waals surface area contributed by atoms with E-state index in [-0.39, 0.29) is 18.2 Å². The number of sulfonamides is 1. The fourth-order valence-corrected chi connectivity index (χ4v) is 6.70. The Balaban J connectivity index is 1.57. The van der Waals surface area contributed by atoms with Gasteiger partial charge in [0.1, 0.15) is 16.7 Å². The molecule has 2 aliphatic rings. The predicted octanol–water partition coefficient (Wildman–Crippen LogP) is 3.10. The SMILES string of the molecule is Cc1ccccc1OC1CC2CCC(C1)N2S(=O)(=O)c1c(C)n[nH]c1C. The number of H-pyrrole nitrogens is 1. The minimum Gasteiger partial charge on any atom is -0.490 e. The van der Waals surface area contributed by atoms with E-state index in [1.807, 2.05) is 31.2 Å². The number of aryl methyl sites for hydroxylation is 3. The van der Waals surface area contributed by atoms with Crippen LogP contribution in [0.2, 0.25) is 0 Å². The van der Waals surface area contributed by atoms with Crippen LogP contribution in [0.4, 0.5) is 0 Å². The summed E-state index contributed by atoms with van der Waals surface area (Å²) in [6.07, 6.45) is 3.33. The van der Waals surface area contributed by atoms with E-state index in [1.54, 1.807) is 18.2 Å². The second-order valence-electron chi connectivity index (χ2n) is 7.46. The molecule has 0 amide bonds. The summed E-state index contributed by atoms with van der Waals surface area (Å²) in [6, 6.07) is 7.99. The van der Waals surface area contributed by atoms with Gasteiger partial charge < -0.3 is 4.74 Å². The molecule has 1 aromatic carbocycles. The highest BCUT2D eigenvalue weighted by Gasteiger charge is 2.48.